The lowest BCUT2D eigenvalue weighted by Gasteiger charge is -2.13. The number of para-hydroxylation sites is 1. The number of carbonyl (C=O) groups excluding carboxylic acids is 1. The largest absolute Gasteiger partial charge is 0.398 e. The van der Waals surface area contributed by atoms with Crippen LogP contribution in [0.3, 0.4) is 0 Å². The van der Waals surface area contributed by atoms with E-state index in [1.54, 1.807) is 18.2 Å². The van der Waals surface area contributed by atoms with Crippen molar-refractivity contribution in [2.45, 2.75) is 53.4 Å². The molecular formula is C36H37BrN2O2. The molecule has 5 aromatic rings. The average molecular weight is 610 g/mol. The molecule has 2 N–H and O–H groups in total. The number of nitrogens with zero attached hydrogens (tertiary/aromatic N) is 1. The van der Waals surface area contributed by atoms with Crippen LogP contribution in [-0.2, 0) is 0 Å². The van der Waals surface area contributed by atoms with Crippen molar-refractivity contribution in [1.82, 2.24) is 5.16 Å². The predicted molar refractivity (Wildman–Crippen MR) is 173 cm³/mol. The molecule has 0 radical (unpaired) electrons. The zero-order chi connectivity index (χ0) is 29.7. The first-order chi connectivity index (χ1) is 19.6. The third-order valence-corrected chi connectivity index (χ3v) is 7.55. The highest BCUT2D eigenvalue weighted by molar-refractivity contribution is 9.10. The SMILES string of the molecule is CC(C)c1cccc(C(=O)c2ccc(Br)cc2)c1N.Cc1ccc(-c2noc(C(C)C)c2-c2ccc(C)cc2)cc1. The van der Waals surface area contributed by atoms with Crippen LogP contribution in [0.5, 0.6) is 0 Å². The molecule has 5 rings (SSSR count). The molecule has 0 bridgehead atoms. The maximum atomic E-state index is 12.5. The maximum absolute atomic E-state index is 12.5. The van der Waals surface area contributed by atoms with Gasteiger partial charge < -0.3 is 10.3 Å². The number of anilines is 1. The number of halogens is 1. The van der Waals surface area contributed by atoms with E-state index in [0.717, 1.165) is 38.2 Å². The molecule has 4 nitrogen and oxygen atoms in total. The zero-order valence-electron chi connectivity index (χ0n) is 24.5. The molecule has 0 unspecified atom stereocenters. The number of benzene rings is 4. The Hall–Kier alpha value is -3.96. The maximum Gasteiger partial charge on any atom is 0.195 e. The summed E-state index contributed by atoms with van der Waals surface area (Å²) < 4.78 is 6.63. The Bertz CT molecular complexity index is 1610. The van der Waals surface area contributed by atoms with E-state index in [4.69, 9.17) is 10.3 Å². The van der Waals surface area contributed by atoms with Gasteiger partial charge in [-0.25, -0.2) is 0 Å². The zero-order valence-corrected chi connectivity index (χ0v) is 26.1. The number of ketones is 1. The number of aryl methyl sites for hydroxylation is 2. The van der Waals surface area contributed by atoms with Crippen molar-refractivity contribution >= 4 is 27.4 Å². The van der Waals surface area contributed by atoms with Crippen molar-refractivity contribution in [2.75, 3.05) is 5.73 Å². The highest BCUT2D eigenvalue weighted by Crippen LogP contribution is 2.38. The van der Waals surface area contributed by atoms with Crippen LogP contribution < -0.4 is 5.73 Å². The Morgan fingerprint density at radius 1 is 0.756 bits per heavy atom. The van der Waals surface area contributed by atoms with E-state index < -0.39 is 0 Å². The Morgan fingerprint density at radius 2 is 1.32 bits per heavy atom. The predicted octanol–water partition coefficient (Wildman–Crippen LogP) is 10.1. The smallest absolute Gasteiger partial charge is 0.195 e. The molecule has 41 heavy (non-hydrogen) atoms. The topological polar surface area (TPSA) is 69.1 Å². The molecule has 0 spiro atoms. The van der Waals surface area contributed by atoms with Crippen molar-refractivity contribution in [3.05, 3.63) is 129 Å². The third kappa shape index (κ3) is 7.04. The minimum Gasteiger partial charge on any atom is -0.398 e. The molecule has 0 fully saturated rings. The summed E-state index contributed by atoms with van der Waals surface area (Å²) in [4.78, 5) is 12.5. The summed E-state index contributed by atoms with van der Waals surface area (Å²) in [6, 6.07) is 29.9. The van der Waals surface area contributed by atoms with Gasteiger partial charge in [0.25, 0.3) is 0 Å². The second kappa shape index (κ2) is 13.1. The molecular weight excluding hydrogens is 572 g/mol. The first kappa shape index (κ1) is 30.0. The van der Waals surface area contributed by atoms with Gasteiger partial charge in [0.05, 0.1) is 5.56 Å². The fourth-order valence-electron chi connectivity index (χ4n) is 4.65. The van der Waals surface area contributed by atoms with E-state index in [1.807, 2.05) is 24.3 Å². The van der Waals surface area contributed by atoms with Gasteiger partial charge in [0.15, 0.2) is 5.78 Å². The second-order valence-corrected chi connectivity index (χ2v) is 11.9. The first-order valence-corrected chi connectivity index (χ1v) is 14.7. The van der Waals surface area contributed by atoms with Crippen molar-refractivity contribution in [3.8, 4) is 22.4 Å². The number of nitrogens with two attached hydrogens (primary N) is 1. The third-order valence-electron chi connectivity index (χ3n) is 7.02. The average Bonchev–Trinajstić information content (AvgIpc) is 3.40. The summed E-state index contributed by atoms with van der Waals surface area (Å²) in [5.74, 6) is 1.51. The molecule has 0 saturated heterocycles. The normalized spacial score (nSPS) is 11.0. The van der Waals surface area contributed by atoms with Crippen molar-refractivity contribution in [2.24, 2.45) is 0 Å². The number of aromatic nitrogens is 1. The summed E-state index contributed by atoms with van der Waals surface area (Å²) in [5.41, 5.74) is 15.7. The van der Waals surface area contributed by atoms with E-state index >= 15 is 0 Å². The molecule has 210 valence electrons. The first-order valence-electron chi connectivity index (χ1n) is 13.9. The van der Waals surface area contributed by atoms with Crippen molar-refractivity contribution < 1.29 is 9.32 Å². The molecule has 1 heterocycles. The Morgan fingerprint density at radius 3 is 1.85 bits per heavy atom. The van der Waals surface area contributed by atoms with Crippen molar-refractivity contribution in [1.29, 1.82) is 0 Å². The van der Waals surface area contributed by atoms with Crippen LogP contribution in [0, 0.1) is 13.8 Å². The molecule has 0 aliphatic rings. The van der Waals surface area contributed by atoms with Crippen LogP contribution in [0.1, 0.15) is 77.9 Å². The molecule has 0 aliphatic heterocycles. The van der Waals surface area contributed by atoms with E-state index in [0.29, 0.717) is 28.7 Å². The van der Waals surface area contributed by atoms with Crippen LogP contribution in [0.15, 0.2) is 100.0 Å². The van der Waals surface area contributed by atoms with Gasteiger partial charge in [-0.1, -0.05) is 121 Å². The lowest BCUT2D eigenvalue weighted by atomic mass is 9.94. The molecule has 0 aliphatic carbocycles. The highest BCUT2D eigenvalue weighted by Gasteiger charge is 2.21. The molecule has 0 amide bonds. The van der Waals surface area contributed by atoms with E-state index in [1.165, 1.54) is 11.1 Å². The van der Waals surface area contributed by atoms with Gasteiger partial charge in [0.1, 0.15) is 11.5 Å². The van der Waals surface area contributed by atoms with Crippen LogP contribution in [0.25, 0.3) is 22.4 Å². The second-order valence-electron chi connectivity index (χ2n) is 11.0. The van der Waals surface area contributed by atoms with E-state index in [2.05, 4.69) is 111 Å². The number of hydrogen-bond acceptors (Lipinski definition) is 4. The summed E-state index contributed by atoms with van der Waals surface area (Å²) >= 11 is 3.36. The van der Waals surface area contributed by atoms with Crippen LogP contribution in [-0.4, -0.2) is 10.9 Å². The molecule has 1 aromatic heterocycles. The van der Waals surface area contributed by atoms with E-state index in [-0.39, 0.29) is 5.78 Å². The van der Waals surface area contributed by atoms with Crippen LogP contribution >= 0.6 is 15.9 Å². The van der Waals surface area contributed by atoms with Gasteiger partial charge in [-0.3, -0.25) is 4.79 Å². The number of carbonyl (C=O) groups is 1. The minimum absolute atomic E-state index is 0.0347. The Kier molecular flexibility index (Phi) is 9.61. The summed E-state index contributed by atoms with van der Waals surface area (Å²) in [7, 11) is 0. The Balaban J connectivity index is 0.000000191. The number of nitrogen functional groups attached to an aromatic ring is 1. The molecule has 0 atom stereocenters. The van der Waals surface area contributed by atoms with Crippen LogP contribution in [0.4, 0.5) is 5.69 Å². The van der Waals surface area contributed by atoms with Gasteiger partial charge in [0.2, 0.25) is 0 Å². The lowest BCUT2D eigenvalue weighted by molar-refractivity contribution is 0.103. The quantitative estimate of drug-likeness (QED) is 0.154. The van der Waals surface area contributed by atoms with Gasteiger partial charge in [-0.2, -0.15) is 0 Å². The minimum atomic E-state index is -0.0347. The molecule has 0 saturated carbocycles. The summed E-state index contributed by atoms with van der Waals surface area (Å²) in [5, 5.41) is 4.36. The fourth-order valence-corrected chi connectivity index (χ4v) is 4.91. The molecule has 5 heteroatoms. The number of hydrogen-bond donors (Lipinski definition) is 1. The fraction of sp³-hybridized carbons (Fsp3) is 0.222. The summed E-state index contributed by atoms with van der Waals surface area (Å²) in [6.45, 7) is 12.6. The summed E-state index contributed by atoms with van der Waals surface area (Å²) in [6.07, 6.45) is 0. The van der Waals surface area contributed by atoms with Gasteiger partial charge >= 0.3 is 0 Å². The highest BCUT2D eigenvalue weighted by atomic mass is 79.9. The van der Waals surface area contributed by atoms with Gasteiger partial charge in [-0.15, -0.1) is 0 Å². The van der Waals surface area contributed by atoms with Gasteiger partial charge in [-0.05, 0) is 61.2 Å². The standard InChI is InChI=1S/C20H21NO.C16H16BrNO/c1-13(2)20-18(16-9-5-14(3)6-10-16)19(21-22-20)17-11-7-15(4)8-12-17;1-10(2)13-4-3-5-14(15(13)18)16(19)11-6-8-12(17)9-7-11/h5-13H,1-4H3;3-10H,18H2,1-2H3. The Labute approximate surface area is 251 Å². The van der Waals surface area contributed by atoms with Crippen molar-refractivity contribution in [3.63, 3.8) is 0 Å². The van der Waals surface area contributed by atoms with E-state index in [9.17, 15) is 4.79 Å². The molecule has 4 aromatic carbocycles. The van der Waals surface area contributed by atoms with Crippen LogP contribution in [0.2, 0.25) is 0 Å². The number of rotatable bonds is 6. The monoisotopic (exact) mass is 608 g/mol. The lowest BCUT2D eigenvalue weighted by Crippen LogP contribution is -2.08. The van der Waals surface area contributed by atoms with Gasteiger partial charge in [0, 0.05) is 32.8 Å².